The predicted molar refractivity (Wildman–Crippen MR) is 73.2 cm³/mol. The fourth-order valence-electron chi connectivity index (χ4n) is 1.21. The van der Waals surface area contributed by atoms with Crippen LogP contribution in [-0.2, 0) is 10.0 Å². The summed E-state index contributed by atoms with van der Waals surface area (Å²) < 4.78 is 25.4. The van der Waals surface area contributed by atoms with Crippen LogP contribution in [-0.4, -0.2) is 29.4 Å². The van der Waals surface area contributed by atoms with Gasteiger partial charge in [-0.15, -0.1) is 11.3 Å². The number of halogens is 1. The first-order valence-electron chi connectivity index (χ1n) is 5.11. The lowest BCUT2D eigenvalue weighted by molar-refractivity contribution is 0.256. The molecular formula is C9H8ClN5O3S2. The van der Waals surface area contributed by atoms with Gasteiger partial charge in [0.05, 0.1) is 5.02 Å². The molecule has 0 aromatic carbocycles. The third kappa shape index (κ3) is 3.40. The number of carbonyl (C=O) groups excluding carboxylic acids is 1. The molecule has 2 rings (SSSR count). The molecule has 0 atom stereocenters. The summed E-state index contributed by atoms with van der Waals surface area (Å²) in [5, 5.41) is 3.74. The third-order valence-corrected chi connectivity index (χ3v) is 5.33. The zero-order valence-electron chi connectivity index (χ0n) is 9.99. The van der Waals surface area contributed by atoms with Crippen LogP contribution in [0.2, 0.25) is 5.02 Å². The second-order valence-electron chi connectivity index (χ2n) is 3.47. The summed E-state index contributed by atoms with van der Waals surface area (Å²) in [6, 6.07) is 0.439. The Kier molecular flexibility index (Phi) is 4.16. The van der Waals surface area contributed by atoms with Crippen molar-refractivity contribution in [2.75, 3.05) is 5.32 Å². The van der Waals surface area contributed by atoms with Gasteiger partial charge in [0.1, 0.15) is 12.2 Å². The molecule has 0 fully saturated rings. The molecule has 0 radical (unpaired) electrons. The van der Waals surface area contributed by atoms with Crippen LogP contribution in [0, 0.1) is 6.92 Å². The molecular weight excluding hydrogens is 326 g/mol. The van der Waals surface area contributed by atoms with Crippen molar-refractivity contribution in [3.8, 4) is 0 Å². The van der Waals surface area contributed by atoms with Crippen LogP contribution in [0.4, 0.5) is 10.7 Å². The van der Waals surface area contributed by atoms with Crippen molar-refractivity contribution >= 4 is 44.9 Å². The number of urea groups is 1. The van der Waals surface area contributed by atoms with Gasteiger partial charge in [0.25, 0.3) is 10.0 Å². The number of anilines is 1. The fourth-order valence-corrected chi connectivity index (χ4v) is 3.80. The van der Waals surface area contributed by atoms with E-state index in [4.69, 9.17) is 11.6 Å². The van der Waals surface area contributed by atoms with E-state index in [1.165, 1.54) is 17.8 Å². The average molecular weight is 334 g/mol. The molecule has 20 heavy (non-hydrogen) atoms. The Labute approximate surface area is 123 Å². The molecule has 2 N–H and O–H groups in total. The maximum Gasteiger partial charge on any atom is 0.335 e. The molecule has 0 aliphatic rings. The zero-order chi connectivity index (χ0) is 14.8. The molecule has 0 unspecified atom stereocenters. The van der Waals surface area contributed by atoms with Crippen LogP contribution in [0.15, 0.2) is 22.0 Å². The zero-order valence-corrected chi connectivity index (χ0v) is 12.4. The molecule has 0 spiro atoms. The molecule has 0 bridgehead atoms. The molecule has 0 aliphatic carbocycles. The van der Waals surface area contributed by atoms with E-state index >= 15 is 0 Å². The van der Waals surface area contributed by atoms with E-state index in [-0.39, 0.29) is 15.2 Å². The largest absolute Gasteiger partial charge is 0.335 e. The van der Waals surface area contributed by atoms with Crippen molar-refractivity contribution in [2.45, 2.75) is 11.1 Å². The van der Waals surface area contributed by atoms with E-state index < -0.39 is 16.1 Å². The lowest BCUT2D eigenvalue weighted by Gasteiger charge is -2.06. The number of carbonyl (C=O) groups is 1. The van der Waals surface area contributed by atoms with Gasteiger partial charge in [0, 0.05) is 0 Å². The Morgan fingerprint density at radius 2 is 2.15 bits per heavy atom. The van der Waals surface area contributed by atoms with Gasteiger partial charge in [-0.25, -0.2) is 27.9 Å². The van der Waals surface area contributed by atoms with Crippen molar-refractivity contribution in [1.29, 1.82) is 0 Å². The van der Waals surface area contributed by atoms with E-state index in [1.54, 1.807) is 6.92 Å². The highest BCUT2D eigenvalue weighted by Gasteiger charge is 2.22. The van der Waals surface area contributed by atoms with Gasteiger partial charge in [-0.1, -0.05) is 11.6 Å². The minimum absolute atomic E-state index is 0.0475. The van der Waals surface area contributed by atoms with Crippen LogP contribution in [0.25, 0.3) is 0 Å². The van der Waals surface area contributed by atoms with E-state index in [0.717, 1.165) is 11.3 Å². The van der Waals surface area contributed by atoms with Crippen LogP contribution >= 0.6 is 22.9 Å². The summed E-state index contributed by atoms with van der Waals surface area (Å²) in [7, 11) is -4.02. The summed E-state index contributed by atoms with van der Waals surface area (Å²) >= 11 is 6.62. The lowest BCUT2D eigenvalue weighted by atomic mass is 10.7. The van der Waals surface area contributed by atoms with Crippen molar-refractivity contribution in [1.82, 2.24) is 19.7 Å². The average Bonchev–Trinajstić information content (AvgIpc) is 2.75. The summed E-state index contributed by atoms with van der Waals surface area (Å²) in [5.74, 6) is 0.335. The highest BCUT2D eigenvalue weighted by molar-refractivity contribution is 7.92. The summed E-state index contributed by atoms with van der Waals surface area (Å²) in [6.07, 6.45) is 1.20. The highest BCUT2D eigenvalue weighted by Crippen LogP contribution is 2.26. The number of rotatable bonds is 3. The second kappa shape index (κ2) is 5.69. The van der Waals surface area contributed by atoms with Gasteiger partial charge >= 0.3 is 6.03 Å². The second-order valence-corrected chi connectivity index (χ2v) is 6.67. The molecule has 0 saturated heterocycles. The third-order valence-electron chi connectivity index (χ3n) is 1.97. The van der Waals surface area contributed by atoms with Gasteiger partial charge in [-0.05, 0) is 18.4 Å². The quantitative estimate of drug-likeness (QED) is 0.877. The Hall–Kier alpha value is -1.78. The summed E-state index contributed by atoms with van der Waals surface area (Å²) in [4.78, 5) is 22.8. The van der Waals surface area contributed by atoms with Gasteiger partial charge in [-0.2, -0.15) is 4.98 Å². The van der Waals surface area contributed by atoms with Crippen LogP contribution in [0.1, 0.15) is 5.82 Å². The first kappa shape index (κ1) is 14.6. The monoisotopic (exact) mass is 333 g/mol. The number of amides is 2. The van der Waals surface area contributed by atoms with Crippen molar-refractivity contribution in [3.05, 3.63) is 28.6 Å². The number of nitrogens with zero attached hydrogens (tertiary/aromatic N) is 3. The number of sulfonamides is 1. The topological polar surface area (TPSA) is 114 Å². The minimum Gasteiger partial charge on any atom is -0.275 e. The van der Waals surface area contributed by atoms with E-state index in [9.17, 15) is 13.2 Å². The minimum atomic E-state index is -4.02. The first-order chi connectivity index (χ1) is 9.38. The Morgan fingerprint density at radius 3 is 2.75 bits per heavy atom. The Balaban J connectivity index is 2.11. The van der Waals surface area contributed by atoms with E-state index in [0.29, 0.717) is 5.82 Å². The first-order valence-corrected chi connectivity index (χ1v) is 7.85. The molecule has 8 nitrogen and oxygen atoms in total. The van der Waals surface area contributed by atoms with Gasteiger partial charge in [0.2, 0.25) is 5.95 Å². The van der Waals surface area contributed by atoms with Gasteiger partial charge in [-0.3, -0.25) is 5.32 Å². The lowest BCUT2D eigenvalue weighted by Crippen LogP contribution is -2.34. The van der Waals surface area contributed by atoms with E-state index in [2.05, 4.69) is 20.3 Å². The number of nitrogens with one attached hydrogen (secondary N) is 2. The standard InChI is InChI=1S/C9H8ClN5O3S2/c1-5-11-4-12-8(13-5)14-9(16)15-20(17,18)7-6(10)2-3-19-7/h2-4H,1H3,(H2,11,12,13,14,15,16). The molecule has 0 aliphatic heterocycles. The van der Waals surface area contributed by atoms with Crippen LogP contribution < -0.4 is 10.0 Å². The maximum atomic E-state index is 11.9. The summed E-state index contributed by atoms with van der Waals surface area (Å²) in [5.41, 5.74) is 0. The smallest absolute Gasteiger partial charge is 0.275 e. The predicted octanol–water partition coefficient (Wildman–Crippen LogP) is 1.41. The number of aromatic nitrogens is 3. The summed E-state index contributed by atoms with van der Waals surface area (Å²) in [6.45, 7) is 1.60. The number of hydrogen-bond acceptors (Lipinski definition) is 7. The van der Waals surface area contributed by atoms with Crippen molar-refractivity contribution < 1.29 is 13.2 Å². The van der Waals surface area contributed by atoms with Gasteiger partial charge in [0.15, 0.2) is 4.21 Å². The van der Waals surface area contributed by atoms with Crippen LogP contribution in [0.5, 0.6) is 0 Å². The van der Waals surface area contributed by atoms with Crippen molar-refractivity contribution in [3.63, 3.8) is 0 Å². The number of hydrogen-bond donors (Lipinski definition) is 2. The molecule has 2 amide bonds. The van der Waals surface area contributed by atoms with E-state index in [1.807, 2.05) is 4.72 Å². The molecule has 106 valence electrons. The SMILES string of the molecule is Cc1ncnc(NC(=O)NS(=O)(=O)c2sccc2Cl)n1. The fraction of sp³-hybridized carbons (Fsp3) is 0.111. The number of aryl methyl sites for hydroxylation is 1. The Bertz CT molecular complexity index is 746. The highest BCUT2D eigenvalue weighted by atomic mass is 35.5. The van der Waals surface area contributed by atoms with Gasteiger partial charge < -0.3 is 0 Å². The van der Waals surface area contributed by atoms with Crippen LogP contribution in [0.3, 0.4) is 0 Å². The molecule has 2 heterocycles. The normalized spacial score (nSPS) is 11.1. The molecule has 2 aromatic heterocycles. The maximum absolute atomic E-state index is 11.9. The van der Waals surface area contributed by atoms with Crippen molar-refractivity contribution in [2.24, 2.45) is 0 Å². The Morgan fingerprint density at radius 1 is 1.40 bits per heavy atom. The molecule has 11 heteroatoms. The molecule has 2 aromatic rings. The number of thiophene rings is 1. The molecule has 0 saturated carbocycles.